The Hall–Kier alpha value is -1.20. The molecule has 2 amide bonds. The first-order valence-corrected chi connectivity index (χ1v) is 9.49. The van der Waals surface area contributed by atoms with Crippen molar-refractivity contribution in [2.75, 3.05) is 25.2 Å². The molecule has 3 rings (SSSR count). The lowest BCUT2D eigenvalue weighted by molar-refractivity contribution is -0.134. The van der Waals surface area contributed by atoms with E-state index in [1.807, 2.05) is 11.9 Å². The summed E-state index contributed by atoms with van der Waals surface area (Å²) in [6, 6.07) is 6.49. The van der Waals surface area contributed by atoms with Gasteiger partial charge in [-0.1, -0.05) is 18.0 Å². The van der Waals surface area contributed by atoms with Gasteiger partial charge < -0.3 is 9.80 Å². The highest BCUT2D eigenvalue weighted by Crippen LogP contribution is 2.29. The van der Waals surface area contributed by atoms with E-state index < -0.39 is 0 Å². The zero-order valence-corrected chi connectivity index (χ0v) is 14.8. The second kappa shape index (κ2) is 7.14. The van der Waals surface area contributed by atoms with Gasteiger partial charge in [0.2, 0.25) is 5.91 Å². The van der Waals surface area contributed by atoms with Gasteiger partial charge in [0.15, 0.2) is 0 Å². The Morgan fingerprint density at radius 2 is 2.00 bits per heavy atom. The molecular weight excluding hydrogens is 332 g/mol. The number of amides is 2. The standard InChI is InChI=1S/C17H21ClN2O2S/c1-19(9-12-3-2-4-12)17(22)15-10-23-11-20(15)16(21)13-5-7-14(18)8-6-13/h5-8,12,15H,2-4,9-11H2,1H3/t15-/m0/s1. The predicted molar refractivity (Wildman–Crippen MR) is 93.7 cm³/mol. The van der Waals surface area contributed by atoms with Crippen molar-refractivity contribution >= 4 is 35.2 Å². The van der Waals surface area contributed by atoms with Crippen LogP contribution in [0.25, 0.3) is 0 Å². The maximum Gasteiger partial charge on any atom is 0.255 e. The van der Waals surface area contributed by atoms with Crippen molar-refractivity contribution in [3.8, 4) is 0 Å². The van der Waals surface area contributed by atoms with E-state index in [0.717, 1.165) is 6.54 Å². The average molecular weight is 353 g/mol. The Balaban J connectivity index is 1.67. The third kappa shape index (κ3) is 3.66. The highest BCUT2D eigenvalue weighted by Gasteiger charge is 2.37. The highest BCUT2D eigenvalue weighted by molar-refractivity contribution is 7.99. The minimum absolute atomic E-state index is 0.0595. The number of carbonyl (C=O) groups excluding carboxylic acids is 2. The van der Waals surface area contributed by atoms with Gasteiger partial charge in [0.25, 0.3) is 5.91 Å². The molecule has 2 aliphatic rings. The molecule has 1 aromatic carbocycles. The van der Waals surface area contributed by atoms with Gasteiger partial charge in [-0.15, -0.1) is 11.8 Å². The summed E-state index contributed by atoms with van der Waals surface area (Å²) in [5.41, 5.74) is 0.580. The number of hydrogen-bond donors (Lipinski definition) is 0. The van der Waals surface area contributed by atoms with Crippen LogP contribution in [0, 0.1) is 5.92 Å². The zero-order valence-electron chi connectivity index (χ0n) is 13.2. The Bertz CT molecular complexity index is 589. The molecule has 4 nitrogen and oxygen atoms in total. The van der Waals surface area contributed by atoms with Gasteiger partial charge in [-0.2, -0.15) is 0 Å². The first-order valence-electron chi connectivity index (χ1n) is 7.95. The van der Waals surface area contributed by atoms with E-state index >= 15 is 0 Å². The summed E-state index contributed by atoms with van der Waals surface area (Å²) in [4.78, 5) is 28.9. The number of thioether (sulfide) groups is 1. The molecule has 124 valence electrons. The lowest BCUT2D eigenvalue weighted by atomic mass is 9.85. The van der Waals surface area contributed by atoms with Gasteiger partial charge in [0.1, 0.15) is 6.04 Å². The number of nitrogens with zero attached hydrogens (tertiary/aromatic N) is 2. The van der Waals surface area contributed by atoms with Crippen LogP contribution >= 0.6 is 23.4 Å². The van der Waals surface area contributed by atoms with Crippen molar-refractivity contribution in [2.24, 2.45) is 5.92 Å². The van der Waals surface area contributed by atoms with E-state index in [1.165, 1.54) is 19.3 Å². The van der Waals surface area contributed by atoms with E-state index in [1.54, 1.807) is 40.9 Å². The second-order valence-electron chi connectivity index (χ2n) is 6.31. The van der Waals surface area contributed by atoms with Crippen LogP contribution in [0.1, 0.15) is 29.6 Å². The summed E-state index contributed by atoms with van der Waals surface area (Å²) >= 11 is 7.51. The molecule has 1 saturated carbocycles. The number of likely N-dealkylation sites (N-methyl/N-ethyl adjacent to an activating group) is 1. The Morgan fingerprint density at radius 1 is 1.30 bits per heavy atom. The van der Waals surface area contributed by atoms with Gasteiger partial charge in [-0.25, -0.2) is 0 Å². The molecule has 1 aromatic rings. The van der Waals surface area contributed by atoms with E-state index in [4.69, 9.17) is 11.6 Å². The van der Waals surface area contributed by atoms with Crippen LogP contribution in [0.15, 0.2) is 24.3 Å². The predicted octanol–water partition coefficient (Wildman–Crippen LogP) is 3.11. The first kappa shape index (κ1) is 16.7. The topological polar surface area (TPSA) is 40.6 Å². The molecule has 0 spiro atoms. The first-order chi connectivity index (χ1) is 11.1. The molecule has 0 aromatic heterocycles. The molecule has 1 heterocycles. The van der Waals surface area contributed by atoms with Crippen molar-refractivity contribution in [3.63, 3.8) is 0 Å². The second-order valence-corrected chi connectivity index (χ2v) is 7.75. The Labute approximate surface area is 146 Å². The molecule has 0 unspecified atom stereocenters. The Kier molecular flexibility index (Phi) is 5.17. The highest BCUT2D eigenvalue weighted by atomic mass is 35.5. The quantitative estimate of drug-likeness (QED) is 0.836. The smallest absolute Gasteiger partial charge is 0.255 e. The number of rotatable bonds is 4. The lowest BCUT2D eigenvalue weighted by Crippen LogP contribution is -2.49. The summed E-state index contributed by atoms with van der Waals surface area (Å²) in [5.74, 6) is 1.84. The van der Waals surface area contributed by atoms with Crippen molar-refractivity contribution in [1.29, 1.82) is 0 Å². The van der Waals surface area contributed by atoms with Crippen molar-refractivity contribution in [3.05, 3.63) is 34.9 Å². The van der Waals surface area contributed by atoms with Gasteiger partial charge in [0, 0.05) is 29.9 Å². The van der Waals surface area contributed by atoms with Gasteiger partial charge in [0.05, 0.1) is 5.88 Å². The molecule has 1 atom stereocenters. The maximum absolute atomic E-state index is 12.7. The van der Waals surface area contributed by atoms with Crippen molar-refractivity contribution < 1.29 is 9.59 Å². The summed E-state index contributed by atoms with van der Waals surface area (Å²) in [7, 11) is 1.86. The summed E-state index contributed by atoms with van der Waals surface area (Å²) < 4.78 is 0. The lowest BCUT2D eigenvalue weighted by Gasteiger charge is -2.33. The van der Waals surface area contributed by atoms with Crippen LogP contribution in [0.4, 0.5) is 0 Å². The van der Waals surface area contributed by atoms with Crippen LogP contribution in [0.3, 0.4) is 0 Å². The fraction of sp³-hybridized carbons (Fsp3) is 0.529. The van der Waals surface area contributed by atoms with Crippen LogP contribution in [-0.4, -0.2) is 52.9 Å². The normalized spacial score (nSPS) is 21.1. The third-order valence-electron chi connectivity index (χ3n) is 4.65. The molecular formula is C17H21ClN2O2S. The van der Waals surface area contributed by atoms with Crippen LogP contribution in [0.5, 0.6) is 0 Å². The van der Waals surface area contributed by atoms with Crippen LogP contribution in [-0.2, 0) is 4.79 Å². The molecule has 0 radical (unpaired) electrons. The molecule has 0 bridgehead atoms. The molecule has 1 aliphatic heterocycles. The van der Waals surface area contributed by atoms with E-state index in [9.17, 15) is 9.59 Å². The maximum atomic E-state index is 12.7. The summed E-state index contributed by atoms with van der Waals surface area (Å²) in [5, 5.41) is 0.602. The van der Waals surface area contributed by atoms with Gasteiger partial charge in [-0.05, 0) is 43.0 Å². The number of benzene rings is 1. The molecule has 1 saturated heterocycles. The van der Waals surface area contributed by atoms with E-state index in [0.29, 0.717) is 28.1 Å². The molecule has 6 heteroatoms. The average Bonchev–Trinajstić information content (AvgIpc) is 2.99. The van der Waals surface area contributed by atoms with Crippen molar-refractivity contribution in [2.45, 2.75) is 25.3 Å². The molecule has 2 fully saturated rings. The minimum atomic E-state index is -0.353. The number of carbonyl (C=O) groups is 2. The fourth-order valence-electron chi connectivity index (χ4n) is 3.01. The van der Waals surface area contributed by atoms with Crippen LogP contribution in [0.2, 0.25) is 5.02 Å². The molecule has 0 N–H and O–H groups in total. The minimum Gasteiger partial charge on any atom is -0.344 e. The SMILES string of the molecule is CN(CC1CCC1)C(=O)[C@@H]1CSCN1C(=O)c1ccc(Cl)cc1. The zero-order chi connectivity index (χ0) is 16.4. The van der Waals surface area contributed by atoms with Crippen LogP contribution < -0.4 is 0 Å². The fourth-order valence-corrected chi connectivity index (χ4v) is 4.28. The third-order valence-corrected chi connectivity index (χ3v) is 5.92. The molecule has 23 heavy (non-hydrogen) atoms. The van der Waals surface area contributed by atoms with Gasteiger partial charge in [-0.3, -0.25) is 9.59 Å². The largest absolute Gasteiger partial charge is 0.344 e. The molecule has 1 aliphatic carbocycles. The van der Waals surface area contributed by atoms with E-state index in [-0.39, 0.29) is 17.9 Å². The van der Waals surface area contributed by atoms with Gasteiger partial charge >= 0.3 is 0 Å². The Morgan fingerprint density at radius 3 is 2.61 bits per heavy atom. The summed E-state index contributed by atoms with van der Waals surface area (Å²) in [6.45, 7) is 0.809. The number of hydrogen-bond acceptors (Lipinski definition) is 3. The van der Waals surface area contributed by atoms with E-state index in [2.05, 4.69) is 0 Å². The monoisotopic (exact) mass is 352 g/mol. The number of halogens is 1. The van der Waals surface area contributed by atoms with Crippen molar-refractivity contribution in [1.82, 2.24) is 9.80 Å². The summed E-state index contributed by atoms with van der Waals surface area (Å²) in [6.07, 6.45) is 3.70.